The molecule has 0 radical (unpaired) electrons. The van der Waals surface area contributed by atoms with Gasteiger partial charge in [0.25, 0.3) is 0 Å². The van der Waals surface area contributed by atoms with Crippen LogP contribution in [0.4, 0.5) is 4.39 Å². The Morgan fingerprint density at radius 3 is 2.68 bits per heavy atom. The van der Waals surface area contributed by atoms with Crippen molar-refractivity contribution < 1.29 is 19.0 Å². The van der Waals surface area contributed by atoms with E-state index in [1.165, 1.54) is 18.2 Å². The van der Waals surface area contributed by atoms with Gasteiger partial charge in [-0.15, -0.1) is 0 Å². The first-order chi connectivity index (χ1) is 9.09. The van der Waals surface area contributed by atoms with Gasteiger partial charge in [0.2, 0.25) is 0 Å². The van der Waals surface area contributed by atoms with Gasteiger partial charge in [-0.05, 0) is 18.2 Å². The van der Waals surface area contributed by atoms with Crippen LogP contribution in [0.25, 0.3) is 0 Å². The van der Waals surface area contributed by atoms with E-state index in [2.05, 4.69) is 0 Å². The Bertz CT molecular complexity index is 613. The predicted octanol–water partition coefficient (Wildman–Crippen LogP) is 3.76. The molecule has 0 spiro atoms. The summed E-state index contributed by atoms with van der Waals surface area (Å²) < 4.78 is 18.9. The molecule has 19 heavy (non-hydrogen) atoms. The van der Waals surface area contributed by atoms with Crippen molar-refractivity contribution in [2.24, 2.45) is 0 Å². The zero-order valence-corrected chi connectivity index (χ0v) is 10.5. The molecule has 0 aliphatic rings. The van der Waals surface area contributed by atoms with Crippen LogP contribution in [-0.4, -0.2) is 11.1 Å². The normalized spacial score (nSPS) is 10.2. The molecule has 2 aromatic carbocycles. The molecule has 0 aromatic heterocycles. The van der Waals surface area contributed by atoms with E-state index in [-0.39, 0.29) is 22.9 Å². The van der Waals surface area contributed by atoms with Crippen LogP contribution in [0.1, 0.15) is 15.9 Å². The predicted molar refractivity (Wildman–Crippen MR) is 69.1 cm³/mol. The fourth-order valence-electron chi connectivity index (χ4n) is 1.61. The molecule has 1 N–H and O–H groups in total. The fraction of sp³-hybridized carbons (Fsp3) is 0.0714. The summed E-state index contributed by atoms with van der Waals surface area (Å²) in [6.07, 6.45) is 0. The number of hydrogen-bond acceptors (Lipinski definition) is 2. The van der Waals surface area contributed by atoms with Gasteiger partial charge < -0.3 is 9.84 Å². The molecule has 0 bridgehead atoms. The second-order valence-electron chi connectivity index (χ2n) is 3.80. The Morgan fingerprint density at radius 2 is 1.95 bits per heavy atom. The summed E-state index contributed by atoms with van der Waals surface area (Å²) in [5.74, 6) is -1.71. The van der Waals surface area contributed by atoms with Crippen molar-refractivity contribution in [2.45, 2.75) is 6.61 Å². The third kappa shape index (κ3) is 3.03. The van der Waals surface area contributed by atoms with Crippen LogP contribution < -0.4 is 4.74 Å². The SMILES string of the molecule is O=C(O)c1ccccc1COc1cccc(Cl)c1F. The minimum absolute atomic E-state index is 0.00677. The molecular formula is C14H10ClFO3. The molecule has 0 fully saturated rings. The molecule has 0 atom stereocenters. The molecule has 2 rings (SSSR count). The molecule has 0 aliphatic carbocycles. The Hall–Kier alpha value is -2.07. The maximum Gasteiger partial charge on any atom is 0.336 e. The number of rotatable bonds is 4. The van der Waals surface area contributed by atoms with Crippen LogP contribution >= 0.6 is 11.6 Å². The first-order valence-corrected chi connectivity index (χ1v) is 5.85. The molecule has 98 valence electrons. The zero-order chi connectivity index (χ0) is 13.8. The van der Waals surface area contributed by atoms with Gasteiger partial charge in [-0.25, -0.2) is 9.18 Å². The third-order valence-electron chi connectivity index (χ3n) is 2.55. The van der Waals surface area contributed by atoms with E-state index < -0.39 is 11.8 Å². The average molecular weight is 281 g/mol. The van der Waals surface area contributed by atoms with Crippen LogP contribution in [0.3, 0.4) is 0 Å². The van der Waals surface area contributed by atoms with Crippen LogP contribution in [0.15, 0.2) is 42.5 Å². The number of hydrogen-bond donors (Lipinski definition) is 1. The van der Waals surface area contributed by atoms with E-state index in [0.717, 1.165) is 0 Å². The van der Waals surface area contributed by atoms with Crippen molar-refractivity contribution in [2.75, 3.05) is 0 Å². The minimum Gasteiger partial charge on any atom is -0.486 e. The summed E-state index contributed by atoms with van der Waals surface area (Å²) in [5, 5.41) is 8.97. The summed E-state index contributed by atoms with van der Waals surface area (Å²) in [4.78, 5) is 11.0. The lowest BCUT2D eigenvalue weighted by molar-refractivity contribution is 0.0694. The summed E-state index contributed by atoms with van der Waals surface area (Å²) >= 11 is 5.63. The lowest BCUT2D eigenvalue weighted by Gasteiger charge is -2.09. The van der Waals surface area contributed by atoms with Crippen molar-refractivity contribution in [3.05, 3.63) is 64.4 Å². The summed E-state index contributed by atoms with van der Waals surface area (Å²) in [7, 11) is 0. The number of benzene rings is 2. The highest BCUT2D eigenvalue weighted by Crippen LogP contribution is 2.25. The molecule has 0 heterocycles. The smallest absolute Gasteiger partial charge is 0.336 e. The molecule has 0 unspecified atom stereocenters. The van der Waals surface area contributed by atoms with E-state index >= 15 is 0 Å². The Labute approximate surface area is 114 Å². The van der Waals surface area contributed by atoms with E-state index in [1.54, 1.807) is 24.3 Å². The molecule has 5 heteroatoms. The van der Waals surface area contributed by atoms with Crippen molar-refractivity contribution in [3.63, 3.8) is 0 Å². The van der Waals surface area contributed by atoms with Crippen molar-refractivity contribution in [1.82, 2.24) is 0 Å². The average Bonchev–Trinajstić information content (AvgIpc) is 2.40. The topological polar surface area (TPSA) is 46.5 Å². The monoisotopic (exact) mass is 280 g/mol. The molecular weight excluding hydrogens is 271 g/mol. The number of ether oxygens (including phenoxy) is 1. The second kappa shape index (κ2) is 5.71. The Kier molecular flexibility index (Phi) is 4.02. The molecule has 3 nitrogen and oxygen atoms in total. The summed E-state index contributed by atoms with van der Waals surface area (Å²) in [6.45, 7) is -0.0419. The van der Waals surface area contributed by atoms with E-state index in [0.29, 0.717) is 5.56 Å². The highest BCUT2D eigenvalue weighted by Gasteiger charge is 2.11. The number of aromatic carboxylic acids is 1. The third-order valence-corrected chi connectivity index (χ3v) is 2.84. The van der Waals surface area contributed by atoms with Crippen molar-refractivity contribution in [3.8, 4) is 5.75 Å². The van der Waals surface area contributed by atoms with Gasteiger partial charge in [0, 0.05) is 5.56 Å². The van der Waals surface area contributed by atoms with E-state index in [1.807, 2.05) is 0 Å². The lowest BCUT2D eigenvalue weighted by atomic mass is 10.1. The van der Waals surface area contributed by atoms with Crippen LogP contribution in [0, 0.1) is 5.82 Å². The standard InChI is InChI=1S/C14H10ClFO3/c15-11-6-3-7-12(13(11)16)19-8-9-4-1-2-5-10(9)14(17)18/h1-7H,8H2,(H,17,18). The Balaban J connectivity index is 2.19. The minimum atomic E-state index is -1.05. The van der Waals surface area contributed by atoms with Gasteiger partial charge in [0.05, 0.1) is 10.6 Å². The molecule has 0 saturated heterocycles. The number of carboxylic acids is 1. The maximum absolute atomic E-state index is 13.6. The molecule has 2 aromatic rings. The first kappa shape index (κ1) is 13.4. The first-order valence-electron chi connectivity index (χ1n) is 5.47. The van der Waals surface area contributed by atoms with Crippen LogP contribution in [0.5, 0.6) is 5.75 Å². The molecule has 0 amide bonds. The van der Waals surface area contributed by atoms with Crippen molar-refractivity contribution in [1.29, 1.82) is 0 Å². The van der Waals surface area contributed by atoms with E-state index in [9.17, 15) is 9.18 Å². The van der Waals surface area contributed by atoms with Gasteiger partial charge in [0.15, 0.2) is 11.6 Å². The van der Waals surface area contributed by atoms with Crippen LogP contribution in [0.2, 0.25) is 5.02 Å². The van der Waals surface area contributed by atoms with Crippen molar-refractivity contribution >= 4 is 17.6 Å². The highest BCUT2D eigenvalue weighted by atomic mass is 35.5. The van der Waals surface area contributed by atoms with Gasteiger partial charge in [-0.3, -0.25) is 0 Å². The van der Waals surface area contributed by atoms with E-state index in [4.69, 9.17) is 21.4 Å². The van der Waals surface area contributed by atoms with Gasteiger partial charge in [-0.1, -0.05) is 35.9 Å². The zero-order valence-electron chi connectivity index (χ0n) is 9.77. The van der Waals surface area contributed by atoms with Gasteiger partial charge in [-0.2, -0.15) is 0 Å². The number of halogens is 2. The maximum atomic E-state index is 13.6. The summed E-state index contributed by atoms with van der Waals surface area (Å²) in [5.41, 5.74) is 0.597. The number of carboxylic acid groups (broad SMARTS) is 1. The molecule has 0 saturated carbocycles. The highest BCUT2D eigenvalue weighted by molar-refractivity contribution is 6.30. The fourth-order valence-corrected chi connectivity index (χ4v) is 1.77. The Morgan fingerprint density at radius 1 is 1.21 bits per heavy atom. The largest absolute Gasteiger partial charge is 0.486 e. The van der Waals surface area contributed by atoms with Gasteiger partial charge in [0.1, 0.15) is 6.61 Å². The quantitative estimate of drug-likeness (QED) is 0.927. The van der Waals surface area contributed by atoms with Crippen LogP contribution in [-0.2, 0) is 6.61 Å². The molecule has 0 aliphatic heterocycles. The lowest BCUT2D eigenvalue weighted by Crippen LogP contribution is -2.05. The summed E-state index contributed by atoms with van der Waals surface area (Å²) in [6, 6.07) is 10.8. The number of carbonyl (C=O) groups is 1. The second-order valence-corrected chi connectivity index (χ2v) is 4.21. The van der Waals surface area contributed by atoms with Gasteiger partial charge >= 0.3 is 5.97 Å².